The van der Waals surface area contributed by atoms with Crippen LogP contribution in [0.25, 0.3) is 0 Å². The van der Waals surface area contributed by atoms with Gasteiger partial charge >= 0.3 is 6.03 Å². The first-order valence-corrected chi connectivity index (χ1v) is 7.69. The molecule has 1 aliphatic heterocycles. The smallest absolute Gasteiger partial charge is 0.315 e. The number of nitrogens with one attached hydrogen (secondary N) is 2. The van der Waals surface area contributed by atoms with Gasteiger partial charge in [-0.15, -0.1) is 11.3 Å². The lowest BCUT2D eigenvalue weighted by Crippen LogP contribution is -2.46. The van der Waals surface area contributed by atoms with Crippen molar-refractivity contribution >= 4 is 29.0 Å². The molecule has 2 rings (SSSR count). The summed E-state index contributed by atoms with van der Waals surface area (Å²) >= 11 is 7.37. The van der Waals surface area contributed by atoms with Crippen LogP contribution in [0.1, 0.15) is 37.6 Å². The molecule has 0 saturated carbocycles. The van der Waals surface area contributed by atoms with Crippen LogP contribution in [0.15, 0.2) is 12.1 Å². The van der Waals surface area contributed by atoms with Gasteiger partial charge in [0.15, 0.2) is 0 Å². The maximum Gasteiger partial charge on any atom is 0.315 e. The number of rotatable bonds is 4. The summed E-state index contributed by atoms with van der Waals surface area (Å²) in [6.07, 6.45) is 2.22. The molecule has 2 amide bonds. The number of urea groups is 1. The molecule has 0 spiro atoms. The summed E-state index contributed by atoms with van der Waals surface area (Å²) in [5.74, 6) is 0. The minimum Gasteiger partial charge on any atom is -0.376 e. The fourth-order valence-electron chi connectivity index (χ4n) is 2.17. The van der Waals surface area contributed by atoms with Crippen LogP contribution < -0.4 is 10.6 Å². The number of thiophene rings is 1. The van der Waals surface area contributed by atoms with Crippen molar-refractivity contribution in [2.45, 2.75) is 44.9 Å². The highest BCUT2D eigenvalue weighted by Crippen LogP contribution is 2.26. The molecule has 3 atom stereocenters. The summed E-state index contributed by atoms with van der Waals surface area (Å²) in [5.41, 5.74) is 0. The van der Waals surface area contributed by atoms with Gasteiger partial charge in [-0.2, -0.15) is 0 Å². The van der Waals surface area contributed by atoms with Crippen molar-refractivity contribution in [2.75, 3.05) is 6.61 Å². The van der Waals surface area contributed by atoms with E-state index in [9.17, 15) is 4.79 Å². The van der Waals surface area contributed by atoms with Crippen LogP contribution in [0.2, 0.25) is 4.34 Å². The van der Waals surface area contributed by atoms with Gasteiger partial charge in [-0.25, -0.2) is 4.79 Å². The van der Waals surface area contributed by atoms with Crippen molar-refractivity contribution in [1.82, 2.24) is 10.6 Å². The minimum atomic E-state index is -0.167. The van der Waals surface area contributed by atoms with Crippen LogP contribution in [-0.4, -0.2) is 24.8 Å². The summed E-state index contributed by atoms with van der Waals surface area (Å²) in [4.78, 5) is 12.9. The minimum absolute atomic E-state index is 0.0293. The summed E-state index contributed by atoms with van der Waals surface area (Å²) < 4.78 is 6.28. The Morgan fingerprint density at radius 3 is 2.84 bits per heavy atom. The number of hydrogen-bond donors (Lipinski definition) is 2. The fourth-order valence-corrected chi connectivity index (χ4v) is 3.23. The standard InChI is InChI=1S/C13H19ClN2O2S/c1-8(10-4-3-7-18-10)15-13(17)16-9(2)11-5-6-12(14)19-11/h5-6,8-10H,3-4,7H2,1-2H3,(H2,15,16,17)/t8-,9-,10-/m0/s1. The van der Waals surface area contributed by atoms with Crippen molar-refractivity contribution < 1.29 is 9.53 Å². The van der Waals surface area contributed by atoms with Gasteiger partial charge in [-0.3, -0.25) is 0 Å². The summed E-state index contributed by atoms with van der Waals surface area (Å²) in [6, 6.07) is 3.59. The van der Waals surface area contributed by atoms with Gasteiger partial charge in [-0.05, 0) is 38.8 Å². The topological polar surface area (TPSA) is 50.4 Å². The summed E-state index contributed by atoms with van der Waals surface area (Å²) in [7, 11) is 0. The molecule has 4 nitrogen and oxygen atoms in total. The van der Waals surface area contributed by atoms with E-state index in [1.165, 1.54) is 11.3 Å². The number of hydrogen-bond acceptors (Lipinski definition) is 3. The van der Waals surface area contributed by atoms with E-state index in [0.717, 1.165) is 28.7 Å². The van der Waals surface area contributed by atoms with E-state index < -0.39 is 0 Å². The largest absolute Gasteiger partial charge is 0.376 e. The fraction of sp³-hybridized carbons (Fsp3) is 0.615. The highest BCUT2D eigenvalue weighted by atomic mass is 35.5. The lowest BCUT2D eigenvalue weighted by molar-refractivity contribution is 0.0859. The van der Waals surface area contributed by atoms with Crippen LogP contribution in [0.5, 0.6) is 0 Å². The van der Waals surface area contributed by atoms with Crippen molar-refractivity contribution in [3.8, 4) is 0 Å². The zero-order chi connectivity index (χ0) is 13.8. The zero-order valence-corrected chi connectivity index (χ0v) is 12.7. The number of amides is 2. The van der Waals surface area contributed by atoms with E-state index in [1.807, 2.05) is 26.0 Å². The molecular formula is C13H19ClN2O2S. The Hall–Kier alpha value is -0.780. The Labute approximate surface area is 122 Å². The molecule has 1 saturated heterocycles. The molecule has 1 fully saturated rings. The predicted octanol–water partition coefficient (Wildman–Crippen LogP) is 3.33. The van der Waals surface area contributed by atoms with E-state index in [-0.39, 0.29) is 24.2 Å². The summed E-state index contributed by atoms with van der Waals surface area (Å²) in [6.45, 7) is 4.71. The van der Waals surface area contributed by atoms with Gasteiger partial charge in [0.05, 0.1) is 22.5 Å². The Bertz CT molecular complexity index is 432. The van der Waals surface area contributed by atoms with E-state index in [0.29, 0.717) is 0 Å². The molecular weight excluding hydrogens is 284 g/mol. The SMILES string of the molecule is C[C@H](NC(=O)N[C@@H](C)[C@@H]1CCCO1)c1ccc(Cl)s1. The second-order valence-corrected chi connectivity index (χ2v) is 6.57. The van der Waals surface area contributed by atoms with E-state index in [4.69, 9.17) is 16.3 Å². The average Bonchev–Trinajstić information content (AvgIpc) is 2.98. The van der Waals surface area contributed by atoms with Crippen molar-refractivity contribution in [3.63, 3.8) is 0 Å². The molecule has 1 aromatic rings. The third-order valence-electron chi connectivity index (χ3n) is 3.25. The Kier molecular flexibility index (Phi) is 5.07. The maximum atomic E-state index is 11.9. The third kappa shape index (κ3) is 4.09. The highest BCUT2D eigenvalue weighted by Gasteiger charge is 2.24. The van der Waals surface area contributed by atoms with Gasteiger partial charge in [0.25, 0.3) is 0 Å². The monoisotopic (exact) mass is 302 g/mol. The molecule has 6 heteroatoms. The van der Waals surface area contributed by atoms with Gasteiger partial charge in [0.1, 0.15) is 0 Å². The predicted molar refractivity (Wildman–Crippen MR) is 77.8 cm³/mol. The number of halogens is 1. The molecule has 106 valence electrons. The van der Waals surface area contributed by atoms with Gasteiger partial charge < -0.3 is 15.4 Å². The number of carbonyl (C=O) groups is 1. The number of ether oxygens (including phenoxy) is 1. The molecule has 0 radical (unpaired) electrons. The first-order chi connectivity index (χ1) is 9.06. The van der Waals surface area contributed by atoms with Crippen LogP contribution in [0, 0.1) is 0 Å². The van der Waals surface area contributed by atoms with E-state index in [2.05, 4.69) is 10.6 Å². The second-order valence-electron chi connectivity index (χ2n) is 4.82. The first kappa shape index (κ1) is 14.6. The first-order valence-electron chi connectivity index (χ1n) is 6.50. The highest BCUT2D eigenvalue weighted by molar-refractivity contribution is 7.16. The molecule has 1 aromatic heterocycles. The number of carbonyl (C=O) groups excluding carboxylic acids is 1. The zero-order valence-electron chi connectivity index (χ0n) is 11.1. The van der Waals surface area contributed by atoms with Crippen molar-refractivity contribution in [1.29, 1.82) is 0 Å². The lowest BCUT2D eigenvalue weighted by atomic mass is 10.1. The quantitative estimate of drug-likeness (QED) is 0.896. The van der Waals surface area contributed by atoms with Gasteiger partial charge in [0.2, 0.25) is 0 Å². The molecule has 0 aromatic carbocycles. The second kappa shape index (κ2) is 6.59. The molecule has 2 N–H and O–H groups in total. The molecule has 0 aliphatic carbocycles. The van der Waals surface area contributed by atoms with Crippen LogP contribution in [0.4, 0.5) is 4.79 Å². The van der Waals surface area contributed by atoms with Gasteiger partial charge in [-0.1, -0.05) is 11.6 Å². The molecule has 0 bridgehead atoms. The Morgan fingerprint density at radius 1 is 1.47 bits per heavy atom. The Balaban J connectivity index is 1.80. The van der Waals surface area contributed by atoms with Crippen molar-refractivity contribution in [2.24, 2.45) is 0 Å². The van der Waals surface area contributed by atoms with Crippen LogP contribution >= 0.6 is 22.9 Å². The van der Waals surface area contributed by atoms with Crippen molar-refractivity contribution in [3.05, 3.63) is 21.3 Å². The Morgan fingerprint density at radius 2 is 2.26 bits per heavy atom. The molecule has 19 heavy (non-hydrogen) atoms. The maximum absolute atomic E-state index is 11.9. The van der Waals surface area contributed by atoms with E-state index >= 15 is 0 Å². The third-order valence-corrected chi connectivity index (χ3v) is 4.66. The van der Waals surface area contributed by atoms with E-state index in [1.54, 1.807) is 0 Å². The molecule has 2 heterocycles. The van der Waals surface area contributed by atoms with Crippen LogP contribution in [-0.2, 0) is 4.74 Å². The summed E-state index contributed by atoms with van der Waals surface area (Å²) in [5, 5.41) is 5.84. The molecule has 0 unspecified atom stereocenters. The normalized spacial score (nSPS) is 21.9. The lowest BCUT2D eigenvalue weighted by Gasteiger charge is -2.21. The average molecular weight is 303 g/mol. The molecule has 1 aliphatic rings. The van der Waals surface area contributed by atoms with Gasteiger partial charge in [0, 0.05) is 11.5 Å². The van der Waals surface area contributed by atoms with Crippen LogP contribution in [0.3, 0.4) is 0 Å².